The van der Waals surface area contributed by atoms with Gasteiger partial charge in [-0.15, -0.1) is 0 Å². The number of rotatable bonds is 3. The van der Waals surface area contributed by atoms with Gasteiger partial charge in [0.15, 0.2) is 0 Å². The van der Waals surface area contributed by atoms with Gasteiger partial charge in [0.1, 0.15) is 0 Å². The Labute approximate surface area is 99.2 Å². The summed E-state index contributed by atoms with van der Waals surface area (Å²) in [7, 11) is 0. The van der Waals surface area contributed by atoms with Gasteiger partial charge in [0.25, 0.3) is 0 Å². The third-order valence-corrected chi connectivity index (χ3v) is 2.36. The van der Waals surface area contributed by atoms with Crippen molar-refractivity contribution in [2.75, 3.05) is 17.6 Å². The number of nitrogen functional groups attached to an aromatic ring is 1. The second kappa shape index (κ2) is 4.47. The number of nitrogens with one attached hydrogen (secondary N) is 1. The minimum Gasteiger partial charge on any atom is -0.399 e. The van der Waals surface area contributed by atoms with Crippen LogP contribution in [0.3, 0.4) is 0 Å². The average Bonchev–Trinajstić information content (AvgIpc) is 1.99. The summed E-state index contributed by atoms with van der Waals surface area (Å²) in [5.74, 6) is 0. The first kappa shape index (κ1) is 12.4. The zero-order valence-electron chi connectivity index (χ0n) is 8.64. The summed E-state index contributed by atoms with van der Waals surface area (Å²) in [5, 5.41) is 13.4. The maximum atomic E-state index is 9.54. The number of hydrogen-bond acceptors (Lipinski definition) is 3. The molecule has 1 aromatic rings. The third-order valence-electron chi connectivity index (χ3n) is 1.76. The Morgan fingerprint density at radius 2 is 1.80 bits per heavy atom. The highest BCUT2D eigenvalue weighted by molar-refractivity contribution is 6.39. The molecule has 0 unspecified atom stereocenters. The first-order valence-corrected chi connectivity index (χ1v) is 5.26. The van der Waals surface area contributed by atoms with Crippen molar-refractivity contribution in [1.82, 2.24) is 0 Å². The Kier molecular flexibility index (Phi) is 3.71. The highest BCUT2D eigenvalue weighted by atomic mass is 35.5. The molecule has 0 bridgehead atoms. The van der Waals surface area contributed by atoms with E-state index in [4.69, 9.17) is 28.9 Å². The number of anilines is 2. The molecule has 0 amide bonds. The van der Waals surface area contributed by atoms with Crippen molar-refractivity contribution in [3.8, 4) is 0 Å². The van der Waals surface area contributed by atoms with Gasteiger partial charge in [-0.05, 0) is 26.0 Å². The van der Waals surface area contributed by atoms with Crippen molar-refractivity contribution >= 4 is 34.6 Å². The average molecular weight is 249 g/mol. The molecule has 3 nitrogen and oxygen atoms in total. The monoisotopic (exact) mass is 248 g/mol. The zero-order valence-corrected chi connectivity index (χ0v) is 10.2. The molecule has 0 atom stereocenters. The highest BCUT2D eigenvalue weighted by Gasteiger charge is 2.14. The Hall–Kier alpha value is -0.640. The molecule has 0 aliphatic carbocycles. The lowest BCUT2D eigenvalue weighted by Gasteiger charge is -2.20. The lowest BCUT2D eigenvalue weighted by atomic mass is 10.1. The van der Waals surface area contributed by atoms with Crippen LogP contribution in [0.15, 0.2) is 12.1 Å². The predicted octanol–water partition coefficient (Wildman–Crippen LogP) is 2.76. The lowest BCUT2D eigenvalue weighted by molar-refractivity contribution is 0.0945. The van der Waals surface area contributed by atoms with E-state index in [1.54, 1.807) is 26.0 Å². The molecule has 0 fully saturated rings. The summed E-state index contributed by atoms with van der Waals surface area (Å²) in [6.45, 7) is 3.74. The van der Waals surface area contributed by atoms with E-state index < -0.39 is 5.60 Å². The molecule has 0 radical (unpaired) electrons. The quantitative estimate of drug-likeness (QED) is 0.722. The van der Waals surface area contributed by atoms with Crippen LogP contribution < -0.4 is 11.1 Å². The summed E-state index contributed by atoms with van der Waals surface area (Å²) < 4.78 is 0. The molecular weight excluding hydrogens is 235 g/mol. The summed E-state index contributed by atoms with van der Waals surface area (Å²) in [6.07, 6.45) is 0. The van der Waals surface area contributed by atoms with Gasteiger partial charge in [0.2, 0.25) is 0 Å². The molecule has 1 aromatic carbocycles. The van der Waals surface area contributed by atoms with Crippen molar-refractivity contribution in [3.05, 3.63) is 22.2 Å². The van der Waals surface area contributed by atoms with Gasteiger partial charge in [-0.2, -0.15) is 0 Å². The Morgan fingerprint density at radius 3 is 2.20 bits per heavy atom. The van der Waals surface area contributed by atoms with E-state index in [0.717, 1.165) is 0 Å². The number of hydrogen-bond donors (Lipinski definition) is 3. The van der Waals surface area contributed by atoms with E-state index in [1.807, 2.05) is 0 Å². The van der Waals surface area contributed by atoms with Gasteiger partial charge < -0.3 is 16.2 Å². The van der Waals surface area contributed by atoms with E-state index in [-0.39, 0.29) is 0 Å². The van der Waals surface area contributed by atoms with Gasteiger partial charge in [0.05, 0.1) is 21.3 Å². The molecule has 0 aliphatic rings. The molecule has 5 heteroatoms. The van der Waals surface area contributed by atoms with Gasteiger partial charge in [0, 0.05) is 12.2 Å². The molecule has 0 saturated heterocycles. The van der Waals surface area contributed by atoms with Gasteiger partial charge >= 0.3 is 0 Å². The smallest absolute Gasteiger partial charge is 0.0763 e. The molecular formula is C10H14Cl2N2O. The molecule has 1 rings (SSSR count). The molecule has 15 heavy (non-hydrogen) atoms. The minimum atomic E-state index is -0.825. The predicted molar refractivity (Wildman–Crippen MR) is 65.7 cm³/mol. The van der Waals surface area contributed by atoms with Gasteiger partial charge in [-0.3, -0.25) is 0 Å². The van der Waals surface area contributed by atoms with Crippen LogP contribution in [-0.4, -0.2) is 17.3 Å². The topological polar surface area (TPSA) is 58.3 Å². The third kappa shape index (κ3) is 3.78. The van der Waals surface area contributed by atoms with E-state index in [0.29, 0.717) is 28.0 Å². The van der Waals surface area contributed by atoms with Crippen LogP contribution in [0.4, 0.5) is 11.4 Å². The molecule has 0 aliphatic heterocycles. The van der Waals surface area contributed by atoms with E-state index in [1.165, 1.54) is 0 Å². The first-order valence-electron chi connectivity index (χ1n) is 4.50. The second-order valence-corrected chi connectivity index (χ2v) is 4.84. The van der Waals surface area contributed by atoms with Gasteiger partial charge in [-0.1, -0.05) is 23.2 Å². The van der Waals surface area contributed by atoms with E-state index in [9.17, 15) is 5.11 Å². The number of nitrogens with two attached hydrogens (primary N) is 1. The van der Waals surface area contributed by atoms with Crippen molar-refractivity contribution in [2.24, 2.45) is 0 Å². The fraction of sp³-hybridized carbons (Fsp3) is 0.400. The maximum absolute atomic E-state index is 9.54. The van der Waals surface area contributed by atoms with Crippen molar-refractivity contribution in [1.29, 1.82) is 0 Å². The van der Waals surface area contributed by atoms with Crippen LogP contribution in [0, 0.1) is 0 Å². The molecule has 0 saturated carbocycles. The number of aliphatic hydroxyl groups is 1. The van der Waals surface area contributed by atoms with Crippen molar-refractivity contribution < 1.29 is 5.11 Å². The standard InChI is InChI=1S/C10H14Cl2N2O/c1-10(2,15)5-14-9-7(11)3-6(13)4-8(9)12/h3-4,14-15H,5,13H2,1-2H3. The van der Waals surface area contributed by atoms with Crippen LogP contribution in [0.2, 0.25) is 10.0 Å². The SMILES string of the molecule is CC(C)(O)CNc1c(Cl)cc(N)cc1Cl. The van der Waals surface area contributed by atoms with Crippen LogP contribution in [0.1, 0.15) is 13.8 Å². The van der Waals surface area contributed by atoms with Crippen LogP contribution in [0.25, 0.3) is 0 Å². The summed E-state index contributed by atoms with van der Waals surface area (Å²) >= 11 is 11.9. The van der Waals surface area contributed by atoms with E-state index in [2.05, 4.69) is 5.32 Å². The zero-order chi connectivity index (χ0) is 11.6. The molecule has 4 N–H and O–H groups in total. The highest BCUT2D eigenvalue weighted by Crippen LogP contribution is 2.32. The number of benzene rings is 1. The normalized spacial score (nSPS) is 11.5. The molecule has 0 spiro atoms. The van der Waals surface area contributed by atoms with Crippen LogP contribution in [0.5, 0.6) is 0 Å². The van der Waals surface area contributed by atoms with Crippen molar-refractivity contribution in [2.45, 2.75) is 19.4 Å². The largest absolute Gasteiger partial charge is 0.399 e. The fourth-order valence-electron chi connectivity index (χ4n) is 1.07. The fourth-order valence-corrected chi connectivity index (χ4v) is 1.70. The summed E-state index contributed by atoms with van der Waals surface area (Å²) in [4.78, 5) is 0. The summed E-state index contributed by atoms with van der Waals surface area (Å²) in [5.41, 5.74) is 5.84. The van der Waals surface area contributed by atoms with E-state index >= 15 is 0 Å². The van der Waals surface area contributed by atoms with Crippen LogP contribution >= 0.6 is 23.2 Å². The maximum Gasteiger partial charge on any atom is 0.0763 e. The Bertz CT molecular complexity index is 338. The van der Waals surface area contributed by atoms with Gasteiger partial charge in [-0.25, -0.2) is 0 Å². The Balaban J connectivity index is 2.86. The van der Waals surface area contributed by atoms with Crippen LogP contribution in [-0.2, 0) is 0 Å². The first-order chi connectivity index (χ1) is 6.79. The molecule has 84 valence electrons. The molecule has 0 heterocycles. The number of halogens is 2. The minimum absolute atomic E-state index is 0.357. The van der Waals surface area contributed by atoms with Crippen molar-refractivity contribution in [3.63, 3.8) is 0 Å². The lowest BCUT2D eigenvalue weighted by Crippen LogP contribution is -2.29. The Morgan fingerprint density at radius 1 is 1.33 bits per heavy atom. The summed E-state index contributed by atoms with van der Waals surface area (Å²) in [6, 6.07) is 3.22. The molecule has 0 aromatic heterocycles. The second-order valence-electron chi connectivity index (χ2n) is 4.03.